The minimum Gasteiger partial charge on any atom is -0.456 e. The minimum absolute atomic E-state index is 0.0242. The molecule has 5 nitrogen and oxygen atoms in total. The summed E-state index contributed by atoms with van der Waals surface area (Å²) in [6.07, 6.45) is 0.646. The van der Waals surface area contributed by atoms with E-state index >= 15 is 0 Å². The van der Waals surface area contributed by atoms with E-state index in [1.807, 2.05) is 6.07 Å². The summed E-state index contributed by atoms with van der Waals surface area (Å²) in [6.45, 7) is 10.8. The number of furan rings is 1. The molecule has 1 heterocycles. The number of hydrogen-bond donors (Lipinski definition) is 0. The fourth-order valence-electron chi connectivity index (χ4n) is 3.21. The molecule has 2 rings (SSSR count). The van der Waals surface area contributed by atoms with E-state index in [1.165, 1.54) is 43.2 Å². The van der Waals surface area contributed by atoms with Crippen molar-refractivity contribution in [2.45, 2.75) is 41.0 Å². The molecular formula is C22H30N2O3. The molecule has 0 aliphatic heterocycles. The molecule has 1 aromatic carbocycles. The fraction of sp³-hybridized carbons (Fsp3) is 0.455. The van der Waals surface area contributed by atoms with Crippen LogP contribution in [0, 0.1) is 34.6 Å². The molecule has 0 atom stereocenters. The van der Waals surface area contributed by atoms with Gasteiger partial charge in [0.15, 0.2) is 5.76 Å². The average Bonchev–Trinajstić information content (AvgIpc) is 3.09. The van der Waals surface area contributed by atoms with Gasteiger partial charge in [0.05, 0.1) is 6.54 Å². The van der Waals surface area contributed by atoms with Gasteiger partial charge < -0.3 is 14.2 Å². The highest BCUT2D eigenvalue weighted by Gasteiger charge is 2.20. The number of nitrogens with zero attached hydrogens (tertiary/aromatic N) is 2. The molecule has 2 aromatic rings. The van der Waals surface area contributed by atoms with Crippen molar-refractivity contribution in [2.75, 3.05) is 27.7 Å². The fourth-order valence-corrected chi connectivity index (χ4v) is 3.21. The maximum atomic E-state index is 12.5. The summed E-state index contributed by atoms with van der Waals surface area (Å²) in [5, 5.41) is 0. The van der Waals surface area contributed by atoms with Crippen LogP contribution in [0.15, 0.2) is 16.5 Å². The number of hydrogen-bond acceptors (Lipinski definition) is 3. The molecular weight excluding hydrogens is 340 g/mol. The maximum absolute atomic E-state index is 12.5. The molecule has 0 saturated heterocycles. The average molecular weight is 370 g/mol. The van der Waals surface area contributed by atoms with Gasteiger partial charge in [-0.05, 0) is 80.1 Å². The lowest BCUT2D eigenvalue weighted by Crippen LogP contribution is -2.37. The molecule has 0 saturated carbocycles. The van der Waals surface area contributed by atoms with E-state index in [0.717, 1.165) is 5.76 Å². The molecule has 146 valence electrons. The van der Waals surface area contributed by atoms with Gasteiger partial charge in [-0.1, -0.05) is 0 Å². The Hall–Kier alpha value is -2.56. The van der Waals surface area contributed by atoms with Crippen LogP contribution in [0.4, 0.5) is 0 Å². The molecule has 0 aliphatic rings. The van der Waals surface area contributed by atoms with E-state index in [4.69, 9.17) is 4.42 Å². The normalized spacial score (nSPS) is 10.8. The quantitative estimate of drug-likeness (QED) is 0.808. The first-order valence-corrected chi connectivity index (χ1v) is 9.14. The van der Waals surface area contributed by atoms with Gasteiger partial charge in [0, 0.05) is 27.6 Å². The Kier molecular flexibility index (Phi) is 6.14. The summed E-state index contributed by atoms with van der Waals surface area (Å²) < 4.78 is 5.82. The minimum atomic E-state index is -0.291. The van der Waals surface area contributed by atoms with Crippen molar-refractivity contribution >= 4 is 11.8 Å². The number of likely N-dealkylation sites (N-methyl/N-ethyl adjacent to an activating group) is 2. The van der Waals surface area contributed by atoms with Crippen LogP contribution in [0.3, 0.4) is 0 Å². The smallest absolute Gasteiger partial charge is 0.289 e. The third-order valence-electron chi connectivity index (χ3n) is 5.60. The predicted octanol–water partition coefficient (Wildman–Crippen LogP) is 3.57. The van der Waals surface area contributed by atoms with Crippen molar-refractivity contribution < 1.29 is 14.0 Å². The SMILES string of the molecule is Cc1c(C)c(C)c(Cc2ccc(C(=O)N(C)CC(=O)N(C)C)o2)c(C)c1C. The Morgan fingerprint density at radius 3 is 1.89 bits per heavy atom. The third-order valence-corrected chi connectivity index (χ3v) is 5.60. The molecule has 0 aliphatic carbocycles. The maximum Gasteiger partial charge on any atom is 0.289 e. The first kappa shape index (κ1) is 20.7. The summed E-state index contributed by atoms with van der Waals surface area (Å²) in [5.41, 5.74) is 7.73. The van der Waals surface area contributed by atoms with Gasteiger partial charge in [0.2, 0.25) is 5.91 Å². The number of carbonyl (C=O) groups is 2. The molecule has 0 spiro atoms. The molecule has 0 bridgehead atoms. The van der Waals surface area contributed by atoms with Crippen molar-refractivity contribution in [3.05, 3.63) is 57.0 Å². The Balaban J connectivity index is 2.22. The lowest BCUT2D eigenvalue weighted by molar-refractivity contribution is -0.129. The van der Waals surface area contributed by atoms with Crippen LogP contribution in [-0.2, 0) is 11.2 Å². The van der Waals surface area contributed by atoms with Crippen molar-refractivity contribution in [3.63, 3.8) is 0 Å². The lowest BCUT2D eigenvalue weighted by atomic mass is 9.88. The Bertz CT molecular complexity index is 849. The molecule has 0 N–H and O–H groups in total. The second-order valence-electron chi connectivity index (χ2n) is 7.50. The molecule has 27 heavy (non-hydrogen) atoms. The Morgan fingerprint density at radius 1 is 0.852 bits per heavy atom. The van der Waals surface area contributed by atoms with Crippen LogP contribution < -0.4 is 0 Å². The first-order chi connectivity index (χ1) is 12.5. The van der Waals surface area contributed by atoms with Crippen molar-refractivity contribution in [1.29, 1.82) is 0 Å². The largest absolute Gasteiger partial charge is 0.456 e. The van der Waals surface area contributed by atoms with Crippen LogP contribution >= 0.6 is 0 Å². The molecule has 2 amide bonds. The van der Waals surface area contributed by atoms with Gasteiger partial charge in [0.25, 0.3) is 5.91 Å². The van der Waals surface area contributed by atoms with Crippen LogP contribution in [-0.4, -0.2) is 49.3 Å². The zero-order valence-corrected chi connectivity index (χ0v) is 17.7. The number of carbonyl (C=O) groups excluding carboxylic acids is 2. The summed E-state index contributed by atoms with van der Waals surface area (Å²) in [7, 11) is 4.94. The molecule has 5 heteroatoms. The predicted molar refractivity (Wildman–Crippen MR) is 107 cm³/mol. The Morgan fingerprint density at radius 2 is 1.37 bits per heavy atom. The van der Waals surface area contributed by atoms with E-state index < -0.39 is 0 Å². The van der Waals surface area contributed by atoms with Crippen molar-refractivity contribution in [3.8, 4) is 0 Å². The number of amides is 2. The standard InChI is InChI=1S/C22H30N2O3/c1-13-14(2)16(4)19(17(5)15(13)3)11-18-9-10-20(27-18)22(26)24(8)12-21(25)23(6)7/h9-10H,11-12H2,1-8H3. The van der Waals surface area contributed by atoms with Crippen LogP contribution in [0.2, 0.25) is 0 Å². The summed E-state index contributed by atoms with van der Waals surface area (Å²) in [6, 6.07) is 3.53. The van der Waals surface area contributed by atoms with Crippen LogP contribution in [0.25, 0.3) is 0 Å². The molecule has 0 fully saturated rings. The van der Waals surface area contributed by atoms with E-state index in [0.29, 0.717) is 6.42 Å². The van der Waals surface area contributed by atoms with Gasteiger partial charge in [-0.15, -0.1) is 0 Å². The number of benzene rings is 1. The Labute approximate surface area is 162 Å². The van der Waals surface area contributed by atoms with Gasteiger partial charge in [0.1, 0.15) is 5.76 Å². The van der Waals surface area contributed by atoms with Gasteiger partial charge in [-0.3, -0.25) is 9.59 Å². The second kappa shape index (κ2) is 7.99. The second-order valence-corrected chi connectivity index (χ2v) is 7.50. The van der Waals surface area contributed by atoms with E-state index in [1.54, 1.807) is 27.2 Å². The first-order valence-electron chi connectivity index (χ1n) is 9.14. The monoisotopic (exact) mass is 370 g/mol. The van der Waals surface area contributed by atoms with Crippen molar-refractivity contribution in [1.82, 2.24) is 9.80 Å². The van der Waals surface area contributed by atoms with Gasteiger partial charge in [-0.25, -0.2) is 0 Å². The third kappa shape index (κ3) is 4.24. The van der Waals surface area contributed by atoms with Crippen LogP contribution in [0.1, 0.15) is 49.7 Å². The van der Waals surface area contributed by atoms with E-state index in [-0.39, 0.29) is 24.1 Å². The van der Waals surface area contributed by atoms with Crippen LogP contribution in [0.5, 0.6) is 0 Å². The molecule has 0 unspecified atom stereocenters. The topological polar surface area (TPSA) is 53.8 Å². The highest BCUT2D eigenvalue weighted by Crippen LogP contribution is 2.28. The lowest BCUT2D eigenvalue weighted by Gasteiger charge is -2.18. The van der Waals surface area contributed by atoms with Crippen molar-refractivity contribution in [2.24, 2.45) is 0 Å². The zero-order chi connectivity index (χ0) is 20.5. The number of rotatable bonds is 5. The summed E-state index contributed by atoms with van der Waals surface area (Å²) in [4.78, 5) is 27.2. The summed E-state index contributed by atoms with van der Waals surface area (Å²) >= 11 is 0. The van der Waals surface area contributed by atoms with E-state index in [9.17, 15) is 9.59 Å². The van der Waals surface area contributed by atoms with Gasteiger partial charge in [-0.2, -0.15) is 0 Å². The highest BCUT2D eigenvalue weighted by molar-refractivity contribution is 5.94. The van der Waals surface area contributed by atoms with Gasteiger partial charge >= 0.3 is 0 Å². The summed E-state index contributed by atoms with van der Waals surface area (Å²) in [5.74, 6) is 0.588. The molecule has 0 radical (unpaired) electrons. The van der Waals surface area contributed by atoms with E-state index in [2.05, 4.69) is 34.6 Å². The molecule has 1 aromatic heterocycles. The highest BCUT2D eigenvalue weighted by atomic mass is 16.4. The zero-order valence-electron chi connectivity index (χ0n) is 17.7.